The summed E-state index contributed by atoms with van der Waals surface area (Å²) in [5, 5.41) is 6.65. The van der Waals surface area contributed by atoms with E-state index in [1.54, 1.807) is 7.11 Å². The summed E-state index contributed by atoms with van der Waals surface area (Å²) in [6.07, 6.45) is 3.48. The molecule has 0 spiro atoms. The van der Waals surface area contributed by atoms with Crippen LogP contribution in [0.2, 0.25) is 0 Å². The molecule has 0 aliphatic carbocycles. The molecule has 3 atom stereocenters. The summed E-state index contributed by atoms with van der Waals surface area (Å²) in [6.45, 7) is 4.34. The van der Waals surface area contributed by atoms with E-state index in [0.29, 0.717) is 18.5 Å². The molecule has 0 bridgehead atoms. The summed E-state index contributed by atoms with van der Waals surface area (Å²) in [6, 6.07) is 9.04. The monoisotopic (exact) mass is 290 g/mol. The number of carbonyl (C=O) groups is 1. The lowest BCUT2D eigenvalue weighted by molar-refractivity contribution is -0.122. The lowest BCUT2D eigenvalue weighted by Crippen LogP contribution is -2.54. The zero-order valence-corrected chi connectivity index (χ0v) is 13.2. The van der Waals surface area contributed by atoms with Gasteiger partial charge in [0.25, 0.3) is 0 Å². The predicted octanol–water partition coefficient (Wildman–Crippen LogP) is 2.27. The molecule has 0 aromatic heterocycles. The number of aryl methyl sites for hydroxylation is 1. The van der Waals surface area contributed by atoms with Gasteiger partial charge in [0, 0.05) is 24.5 Å². The average Bonchev–Trinajstić information content (AvgIpc) is 2.48. The quantitative estimate of drug-likeness (QED) is 0.874. The maximum atomic E-state index is 12.1. The van der Waals surface area contributed by atoms with Crippen LogP contribution in [-0.4, -0.2) is 31.1 Å². The first-order valence-electron chi connectivity index (χ1n) is 7.77. The summed E-state index contributed by atoms with van der Waals surface area (Å²) in [4.78, 5) is 12.1. The number of benzene rings is 1. The van der Waals surface area contributed by atoms with Crippen LogP contribution in [0.3, 0.4) is 0 Å². The highest BCUT2D eigenvalue weighted by Gasteiger charge is 2.25. The maximum absolute atomic E-state index is 12.1. The molecule has 4 heteroatoms. The van der Waals surface area contributed by atoms with Gasteiger partial charge in [-0.1, -0.05) is 12.1 Å². The molecule has 0 saturated carbocycles. The Balaban J connectivity index is 1.76. The van der Waals surface area contributed by atoms with Crippen molar-refractivity contribution in [2.24, 2.45) is 0 Å². The minimum Gasteiger partial charge on any atom is -0.497 e. The van der Waals surface area contributed by atoms with Crippen molar-refractivity contribution >= 4 is 5.91 Å². The van der Waals surface area contributed by atoms with Gasteiger partial charge < -0.3 is 15.4 Å². The second-order valence-electron chi connectivity index (χ2n) is 5.96. The molecule has 2 N–H and O–H groups in total. The van der Waals surface area contributed by atoms with E-state index in [0.717, 1.165) is 30.6 Å². The molecule has 1 aliphatic rings. The highest BCUT2D eigenvalue weighted by atomic mass is 16.5. The first kappa shape index (κ1) is 15.8. The molecular formula is C17H26N2O2. The van der Waals surface area contributed by atoms with Crippen LogP contribution in [0.5, 0.6) is 5.75 Å². The SMILES string of the molecule is COc1ccc(CCC(=O)NC2CCC(C)NC2C)cc1. The molecule has 4 nitrogen and oxygen atoms in total. The van der Waals surface area contributed by atoms with Gasteiger partial charge in [0.2, 0.25) is 5.91 Å². The summed E-state index contributed by atoms with van der Waals surface area (Å²) < 4.78 is 5.13. The van der Waals surface area contributed by atoms with Crippen LogP contribution in [0.25, 0.3) is 0 Å². The van der Waals surface area contributed by atoms with Crippen molar-refractivity contribution in [1.82, 2.24) is 10.6 Å². The summed E-state index contributed by atoms with van der Waals surface area (Å²) in [5.41, 5.74) is 1.16. The van der Waals surface area contributed by atoms with E-state index in [9.17, 15) is 4.79 Å². The largest absolute Gasteiger partial charge is 0.497 e. The minimum absolute atomic E-state index is 0.138. The number of hydrogen-bond acceptors (Lipinski definition) is 3. The van der Waals surface area contributed by atoms with Crippen LogP contribution >= 0.6 is 0 Å². The Morgan fingerprint density at radius 3 is 2.62 bits per heavy atom. The molecule has 1 amide bonds. The Bertz CT molecular complexity index is 458. The van der Waals surface area contributed by atoms with Crippen LogP contribution < -0.4 is 15.4 Å². The van der Waals surface area contributed by atoms with Gasteiger partial charge in [-0.25, -0.2) is 0 Å². The van der Waals surface area contributed by atoms with Gasteiger partial charge in [0.15, 0.2) is 0 Å². The molecule has 2 rings (SSSR count). The van der Waals surface area contributed by atoms with Crippen molar-refractivity contribution in [3.8, 4) is 5.75 Å². The van der Waals surface area contributed by atoms with E-state index >= 15 is 0 Å². The highest BCUT2D eigenvalue weighted by molar-refractivity contribution is 5.76. The number of methoxy groups -OCH3 is 1. The summed E-state index contributed by atoms with van der Waals surface area (Å²) in [7, 11) is 1.66. The van der Waals surface area contributed by atoms with Crippen LogP contribution in [0.15, 0.2) is 24.3 Å². The fraction of sp³-hybridized carbons (Fsp3) is 0.588. The topological polar surface area (TPSA) is 50.4 Å². The number of nitrogens with one attached hydrogen (secondary N) is 2. The molecule has 3 unspecified atom stereocenters. The van der Waals surface area contributed by atoms with Crippen molar-refractivity contribution in [1.29, 1.82) is 0 Å². The Morgan fingerprint density at radius 1 is 1.29 bits per heavy atom. The van der Waals surface area contributed by atoms with Gasteiger partial charge in [-0.15, -0.1) is 0 Å². The summed E-state index contributed by atoms with van der Waals surface area (Å²) in [5.74, 6) is 0.985. The fourth-order valence-electron chi connectivity index (χ4n) is 2.85. The van der Waals surface area contributed by atoms with E-state index in [1.807, 2.05) is 24.3 Å². The van der Waals surface area contributed by atoms with Crippen molar-refractivity contribution < 1.29 is 9.53 Å². The maximum Gasteiger partial charge on any atom is 0.220 e. The number of rotatable bonds is 5. The van der Waals surface area contributed by atoms with Gasteiger partial charge in [-0.3, -0.25) is 4.79 Å². The van der Waals surface area contributed by atoms with Gasteiger partial charge >= 0.3 is 0 Å². The Morgan fingerprint density at radius 2 is 2.00 bits per heavy atom. The number of amides is 1. The second-order valence-corrected chi connectivity index (χ2v) is 5.96. The molecule has 1 aromatic carbocycles. The predicted molar refractivity (Wildman–Crippen MR) is 84.5 cm³/mol. The van der Waals surface area contributed by atoms with E-state index < -0.39 is 0 Å². The average molecular weight is 290 g/mol. The van der Waals surface area contributed by atoms with E-state index in [2.05, 4.69) is 24.5 Å². The van der Waals surface area contributed by atoms with E-state index in [-0.39, 0.29) is 11.9 Å². The molecule has 21 heavy (non-hydrogen) atoms. The zero-order valence-electron chi connectivity index (χ0n) is 13.2. The lowest BCUT2D eigenvalue weighted by atomic mass is 9.95. The lowest BCUT2D eigenvalue weighted by Gasteiger charge is -2.34. The third kappa shape index (κ3) is 4.74. The van der Waals surface area contributed by atoms with Crippen LogP contribution in [0.1, 0.15) is 38.7 Å². The van der Waals surface area contributed by atoms with Crippen molar-refractivity contribution in [2.75, 3.05) is 7.11 Å². The minimum atomic E-state index is 0.138. The third-order valence-corrected chi connectivity index (χ3v) is 4.21. The Kier molecular flexibility index (Phi) is 5.62. The second kappa shape index (κ2) is 7.46. The van der Waals surface area contributed by atoms with Gasteiger partial charge in [-0.05, 0) is 50.8 Å². The van der Waals surface area contributed by atoms with Crippen molar-refractivity contribution in [3.63, 3.8) is 0 Å². The number of ether oxygens (including phenoxy) is 1. The highest BCUT2D eigenvalue weighted by Crippen LogP contribution is 2.15. The standard InChI is InChI=1S/C17H26N2O2/c1-12-4-10-16(13(2)18-12)19-17(20)11-7-14-5-8-15(21-3)9-6-14/h5-6,8-9,12-13,16,18H,4,7,10-11H2,1-3H3,(H,19,20). The molecule has 1 saturated heterocycles. The van der Waals surface area contributed by atoms with E-state index in [1.165, 1.54) is 0 Å². The molecule has 116 valence electrons. The number of carbonyl (C=O) groups excluding carboxylic acids is 1. The smallest absolute Gasteiger partial charge is 0.220 e. The molecule has 1 aromatic rings. The Hall–Kier alpha value is -1.55. The first-order chi connectivity index (χ1) is 10.1. The zero-order chi connectivity index (χ0) is 15.2. The van der Waals surface area contributed by atoms with Crippen LogP contribution in [-0.2, 0) is 11.2 Å². The Labute approximate surface area is 127 Å². The number of hydrogen-bond donors (Lipinski definition) is 2. The molecule has 1 fully saturated rings. The van der Waals surface area contributed by atoms with Gasteiger partial charge in [0.1, 0.15) is 5.75 Å². The third-order valence-electron chi connectivity index (χ3n) is 4.21. The van der Waals surface area contributed by atoms with Crippen LogP contribution in [0.4, 0.5) is 0 Å². The summed E-state index contributed by atoms with van der Waals surface area (Å²) >= 11 is 0. The van der Waals surface area contributed by atoms with Crippen molar-refractivity contribution in [3.05, 3.63) is 29.8 Å². The number of piperidine rings is 1. The first-order valence-corrected chi connectivity index (χ1v) is 7.77. The van der Waals surface area contributed by atoms with Crippen molar-refractivity contribution in [2.45, 2.75) is 57.7 Å². The molecular weight excluding hydrogens is 264 g/mol. The normalized spacial score (nSPS) is 25.4. The molecule has 1 heterocycles. The molecule has 0 radical (unpaired) electrons. The van der Waals surface area contributed by atoms with Gasteiger partial charge in [-0.2, -0.15) is 0 Å². The fourth-order valence-corrected chi connectivity index (χ4v) is 2.85. The van der Waals surface area contributed by atoms with Crippen LogP contribution in [0, 0.1) is 0 Å². The van der Waals surface area contributed by atoms with Gasteiger partial charge in [0.05, 0.1) is 7.11 Å². The molecule has 1 aliphatic heterocycles. The van der Waals surface area contributed by atoms with E-state index in [4.69, 9.17) is 4.74 Å².